The van der Waals surface area contributed by atoms with Crippen LogP contribution in [0.3, 0.4) is 0 Å². The van der Waals surface area contributed by atoms with Gasteiger partial charge in [-0.15, -0.1) is 0 Å². The third-order valence-electron chi connectivity index (χ3n) is 4.01. The third-order valence-corrected chi connectivity index (χ3v) is 4.01. The van der Waals surface area contributed by atoms with E-state index >= 15 is 0 Å². The molecule has 1 aliphatic heterocycles. The summed E-state index contributed by atoms with van der Waals surface area (Å²) in [6.07, 6.45) is 2.02. The Morgan fingerprint density at radius 1 is 1.52 bits per heavy atom. The van der Waals surface area contributed by atoms with E-state index in [1.165, 1.54) is 13.2 Å². The summed E-state index contributed by atoms with van der Waals surface area (Å²) in [5.41, 5.74) is 0.178. The number of likely N-dealkylation sites (tertiary alicyclic amines) is 1. The zero-order chi connectivity index (χ0) is 15.6. The van der Waals surface area contributed by atoms with Crippen LogP contribution >= 0.6 is 0 Å². The van der Waals surface area contributed by atoms with Crippen LogP contribution in [-0.2, 0) is 6.54 Å². The molecule has 1 aromatic carbocycles. The number of rotatable bonds is 5. The molecule has 116 valence electrons. The average molecular weight is 294 g/mol. The third kappa shape index (κ3) is 3.51. The molecule has 1 N–H and O–H groups in total. The molecule has 6 nitrogen and oxygen atoms in total. The minimum absolute atomic E-state index is 0.0262. The van der Waals surface area contributed by atoms with E-state index < -0.39 is 10.5 Å². The van der Waals surface area contributed by atoms with E-state index in [1.807, 2.05) is 13.8 Å². The van der Waals surface area contributed by atoms with E-state index in [2.05, 4.69) is 4.90 Å². The van der Waals surface area contributed by atoms with E-state index in [0.29, 0.717) is 6.54 Å². The monoisotopic (exact) mass is 294 g/mol. The molecule has 1 saturated heterocycles. The summed E-state index contributed by atoms with van der Waals surface area (Å²) >= 11 is 0. The van der Waals surface area contributed by atoms with Gasteiger partial charge in [0, 0.05) is 18.7 Å². The zero-order valence-electron chi connectivity index (χ0n) is 12.7. The molecule has 1 atom stereocenters. The molecule has 0 spiro atoms. The van der Waals surface area contributed by atoms with Crippen molar-refractivity contribution in [2.45, 2.75) is 44.9 Å². The Morgan fingerprint density at radius 3 is 2.81 bits per heavy atom. The first-order chi connectivity index (χ1) is 9.82. The largest absolute Gasteiger partial charge is 0.490 e. The fraction of sp³-hybridized carbons (Fsp3) is 0.600. The molecule has 1 aromatic rings. The molecule has 1 aliphatic rings. The zero-order valence-corrected chi connectivity index (χ0v) is 12.7. The standard InChI is InChI=1S/C15H22N2O4/c1-15(2,18)14-5-4-8-16(14)10-11-6-7-12(17(19)20)13(9-11)21-3/h6-7,9,14,18H,4-5,8,10H2,1-3H3. The molecular weight excluding hydrogens is 272 g/mol. The molecule has 2 rings (SSSR count). The summed E-state index contributed by atoms with van der Waals surface area (Å²) in [5, 5.41) is 21.1. The molecule has 1 fully saturated rings. The van der Waals surface area contributed by atoms with Crippen LogP contribution in [0.15, 0.2) is 18.2 Å². The van der Waals surface area contributed by atoms with E-state index in [0.717, 1.165) is 24.9 Å². The lowest BCUT2D eigenvalue weighted by atomic mass is 9.96. The molecule has 0 saturated carbocycles. The normalized spacial score (nSPS) is 19.7. The van der Waals surface area contributed by atoms with Crippen molar-refractivity contribution in [1.29, 1.82) is 0 Å². The van der Waals surface area contributed by atoms with Gasteiger partial charge in [0.05, 0.1) is 17.6 Å². The number of nitro groups is 1. The number of ether oxygens (including phenoxy) is 1. The smallest absolute Gasteiger partial charge is 0.310 e. The van der Waals surface area contributed by atoms with Crippen molar-refractivity contribution in [3.8, 4) is 5.75 Å². The second kappa shape index (κ2) is 5.99. The van der Waals surface area contributed by atoms with E-state index in [4.69, 9.17) is 4.74 Å². The van der Waals surface area contributed by atoms with Crippen LogP contribution in [0, 0.1) is 10.1 Å². The van der Waals surface area contributed by atoms with Crippen molar-refractivity contribution in [3.05, 3.63) is 33.9 Å². The summed E-state index contributed by atoms with van der Waals surface area (Å²) in [4.78, 5) is 12.7. The molecule has 21 heavy (non-hydrogen) atoms. The molecule has 0 aliphatic carbocycles. The predicted octanol–water partition coefficient (Wildman–Crippen LogP) is 2.34. The van der Waals surface area contributed by atoms with Gasteiger partial charge in [0.2, 0.25) is 0 Å². The van der Waals surface area contributed by atoms with E-state index in [-0.39, 0.29) is 17.5 Å². The van der Waals surface area contributed by atoms with Crippen molar-refractivity contribution in [3.63, 3.8) is 0 Å². The SMILES string of the molecule is COc1cc(CN2CCCC2C(C)(C)O)ccc1[N+](=O)[O-]. The van der Waals surface area contributed by atoms with Gasteiger partial charge in [-0.3, -0.25) is 15.0 Å². The summed E-state index contributed by atoms with van der Waals surface area (Å²) in [7, 11) is 1.43. The molecule has 1 heterocycles. The highest BCUT2D eigenvalue weighted by Crippen LogP contribution is 2.31. The second-order valence-electron chi connectivity index (χ2n) is 6.05. The number of methoxy groups -OCH3 is 1. The summed E-state index contributed by atoms with van der Waals surface area (Å²) in [5.74, 6) is 0.275. The molecule has 0 amide bonds. The van der Waals surface area contributed by atoms with E-state index in [1.54, 1.807) is 12.1 Å². The Bertz CT molecular complexity index is 525. The van der Waals surface area contributed by atoms with Crippen LogP contribution < -0.4 is 4.74 Å². The molecular formula is C15H22N2O4. The fourth-order valence-electron chi connectivity index (χ4n) is 3.02. The molecule has 1 unspecified atom stereocenters. The lowest BCUT2D eigenvalue weighted by molar-refractivity contribution is -0.385. The fourth-order valence-corrected chi connectivity index (χ4v) is 3.02. The Labute approximate surface area is 124 Å². The number of hydrogen-bond acceptors (Lipinski definition) is 5. The van der Waals surface area contributed by atoms with Crippen molar-refractivity contribution < 1.29 is 14.8 Å². The van der Waals surface area contributed by atoms with Crippen molar-refractivity contribution in [1.82, 2.24) is 4.90 Å². The lowest BCUT2D eigenvalue weighted by Gasteiger charge is -2.33. The lowest BCUT2D eigenvalue weighted by Crippen LogP contribution is -2.45. The average Bonchev–Trinajstić information content (AvgIpc) is 2.86. The van der Waals surface area contributed by atoms with Gasteiger partial charge in [0.15, 0.2) is 5.75 Å². The Hall–Kier alpha value is -1.66. The first kappa shape index (κ1) is 15.7. The van der Waals surface area contributed by atoms with Gasteiger partial charge in [0.1, 0.15) is 0 Å². The molecule has 0 aromatic heterocycles. The number of nitrogens with zero attached hydrogens (tertiary/aromatic N) is 2. The number of nitro benzene ring substituents is 1. The molecule has 0 radical (unpaired) electrons. The van der Waals surface area contributed by atoms with Gasteiger partial charge < -0.3 is 9.84 Å². The molecule has 6 heteroatoms. The highest BCUT2D eigenvalue weighted by molar-refractivity contribution is 5.48. The Kier molecular flexibility index (Phi) is 4.49. The van der Waals surface area contributed by atoms with Crippen LogP contribution in [0.25, 0.3) is 0 Å². The highest BCUT2D eigenvalue weighted by atomic mass is 16.6. The maximum absolute atomic E-state index is 10.9. The Morgan fingerprint density at radius 2 is 2.24 bits per heavy atom. The van der Waals surface area contributed by atoms with Gasteiger partial charge in [0.25, 0.3) is 0 Å². The van der Waals surface area contributed by atoms with Crippen LogP contribution in [0.4, 0.5) is 5.69 Å². The first-order valence-electron chi connectivity index (χ1n) is 7.10. The summed E-state index contributed by atoms with van der Waals surface area (Å²) < 4.78 is 5.10. The van der Waals surface area contributed by atoms with Gasteiger partial charge in [-0.2, -0.15) is 0 Å². The van der Waals surface area contributed by atoms with Crippen LogP contribution in [0.1, 0.15) is 32.3 Å². The van der Waals surface area contributed by atoms with E-state index in [9.17, 15) is 15.2 Å². The van der Waals surface area contributed by atoms with Crippen LogP contribution in [0.2, 0.25) is 0 Å². The van der Waals surface area contributed by atoms with Gasteiger partial charge in [-0.1, -0.05) is 6.07 Å². The predicted molar refractivity (Wildman–Crippen MR) is 79.4 cm³/mol. The number of aliphatic hydroxyl groups is 1. The quantitative estimate of drug-likeness (QED) is 0.666. The minimum Gasteiger partial charge on any atom is -0.490 e. The highest BCUT2D eigenvalue weighted by Gasteiger charge is 2.35. The summed E-state index contributed by atoms with van der Waals surface area (Å²) in [6, 6.07) is 5.04. The van der Waals surface area contributed by atoms with Gasteiger partial charge >= 0.3 is 5.69 Å². The van der Waals surface area contributed by atoms with Crippen molar-refractivity contribution in [2.75, 3.05) is 13.7 Å². The summed E-state index contributed by atoms with van der Waals surface area (Å²) in [6.45, 7) is 5.23. The number of benzene rings is 1. The maximum Gasteiger partial charge on any atom is 0.310 e. The van der Waals surface area contributed by atoms with Crippen molar-refractivity contribution >= 4 is 5.69 Å². The van der Waals surface area contributed by atoms with Crippen molar-refractivity contribution in [2.24, 2.45) is 0 Å². The second-order valence-corrected chi connectivity index (χ2v) is 6.05. The van der Waals surface area contributed by atoms with Gasteiger partial charge in [-0.25, -0.2) is 0 Å². The first-order valence-corrected chi connectivity index (χ1v) is 7.10. The topological polar surface area (TPSA) is 75.8 Å². The van der Waals surface area contributed by atoms with Gasteiger partial charge in [-0.05, 0) is 44.9 Å². The minimum atomic E-state index is -0.749. The van der Waals surface area contributed by atoms with Crippen LogP contribution in [-0.4, -0.2) is 40.2 Å². The Balaban J connectivity index is 2.18. The maximum atomic E-state index is 10.9. The molecule has 0 bridgehead atoms. The van der Waals surface area contributed by atoms with Crippen LogP contribution in [0.5, 0.6) is 5.75 Å². The number of hydrogen-bond donors (Lipinski definition) is 1.